The van der Waals surface area contributed by atoms with Gasteiger partial charge in [-0.25, -0.2) is 0 Å². The number of benzene rings is 1. The van der Waals surface area contributed by atoms with Gasteiger partial charge in [0.1, 0.15) is 13.0 Å². The first-order valence-electron chi connectivity index (χ1n) is 6.45. The summed E-state index contributed by atoms with van der Waals surface area (Å²) >= 11 is 0. The Hall–Kier alpha value is -1.91. The number of piperidine rings is 1. The van der Waals surface area contributed by atoms with Crippen LogP contribution in [0.1, 0.15) is 12.8 Å². The van der Waals surface area contributed by atoms with E-state index in [0.717, 1.165) is 25.4 Å². The van der Waals surface area contributed by atoms with E-state index in [2.05, 4.69) is 32.5 Å². The molecule has 3 rings (SSSR count). The minimum Gasteiger partial charge on any atom is -0.399 e. The largest absolute Gasteiger partial charge is 0.399 e. The predicted molar refractivity (Wildman–Crippen MR) is 74.4 cm³/mol. The number of rotatable bonds is 2. The summed E-state index contributed by atoms with van der Waals surface area (Å²) in [7, 11) is 0. The van der Waals surface area contributed by atoms with Crippen LogP contribution in [-0.4, -0.2) is 37.0 Å². The van der Waals surface area contributed by atoms with E-state index in [1.165, 1.54) is 18.5 Å². The molecule has 1 saturated heterocycles. The molecule has 1 aromatic rings. The van der Waals surface area contributed by atoms with Crippen LogP contribution in [0.5, 0.6) is 0 Å². The topological polar surface area (TPSA) is 56.9 Å². The third kappa shape index (κ3) is 2.20. The Morgan fingerprint density at radius 2 is 1.89 bits per heavy atom. The summed E-state index contributed by atoms with van der Waals surface area (Å²) in [6.07, 6.45) is 4.28. The molecule has 1 fully saturated rings. The number of nitrogens with two attached hydrogens (primary N) is 1. The molecule has 0 aliphatic carbocycles. The Balaban J connectivity index is 1.59. The first-order chi connectivity index (χ1) is 8.83. The van der Waals surface area contributed by atoms with Crippen molar-refractivity contribution < 1.29 is 0 Å². The molecule has 18 heavy (non-hydrogen) atoms. The number of hydrogen-bond donors (Lipinski definition) is 2. The first-order valence-corrected chi connectivity index (χ1v) is 6.45. The molecule has 0 unspecified atom stereocenters. The highest BCUT2D eigenvalue weighted by atomic mass is 15.5. The van der Waals surface area contributed by atoms with Gasteiger partial charge in [-0.2, -0.15) is 5.10 Å². The van der Waals surface area contributed by atoms with Crippen molar-refractivity contribution in [1.29, 1.82) is 0 Å². The van der Waals surface area contributed by atoms with Crippen LogP contribution in [-0.2, 0) is 0 Å². The smallest absolute Gasteiger partial charge is 0.113 e. The van der Waals surface area contributed by atoms with Crippen molar-refractivity contribution >= 4 is 17.7 Å². The van der Waals surface area contributed by atoms with Crippen molar-refractivity contribution in [1.82, 2.24) is 10.3 Å². The SMILES string of the molecule is Nc1ccc(N2CCC(N3C=NNC3)CC2)cc1. The third-order valence-electron chi connectivity index (χ3n) is 3.74. The molecule has 3 N–H and O–H groups in total. The zero-order valence-corrected chi connectivity index (χ0v) is 10.4. The lowest BCUT2D eigenvalue weighted by Crippen LogP contribution is -2.44. The summed E-state index contributed by atoms with van der Waals surface area (Å²) in [6.45, 7) is 3.05. The monoisotopic (exact) mass is 245 g/mol. The summed E-state index contributed by atoms with van der Waals surface area (Å²) < 4.78 is 0. The zero-order chi connectivity index (χ0) is 12.4. The van der Waals surface area contributed by atoms with Crippen LogP contribution in [0.3, 0.4) is 0 Å². The summed E-state index contributed by atoms with van der Waals surface area (Å²) in [5.74, 6) is 0. The van der Waals surface area contributed by atoms with E-state index in [9.17, 15) is 0 Å². The molecule has 2 aliphatic rings. The maximum Gasteiger partial charge on any atom is 0.113 e. The highest BCUT2D eigenvalue weighted by molar-refractivity contribution is 5.57. The molecule has 2 heterocycles. The lowest BCUT2D eigenvalue weighted by atomic mass is 10.0. The molecule has 0 saturated carbocycles. The van der Waals surface area contributed by atoms with Gasteiger partial charge < -0.3 is 15.5 Å². The summed E-state index contributed by atoms with van der Waals surface area (Å²) in [5, 5.41) is 4.05. The standard InChI is InChI=1S/C13H19N5/c14-11-1-3-12(4-2-11)17-7-5-13(6-8-17)18-9-15-16-10-18/h1-4,9,13,16H,5-8,10,14H2. The Kier molecular flexibility index (Phi) is 2.96. The number of hydrogen-bond acceptors (Lipinski definition) is 5. The zero-order valence-electron chi connectivity index (χ0n) is 10.4. The van der Waals surface area contributed by atoms with Gasteiger partial charge in [0.15, 0.2) is 0 Å². The van der Waals surface area contributed by atoms with Gasteiger partial charge in [0.05, 0.1) is 0 Å². The van der Waals surface area contributed by atoms with E-state index in [1.54, 1.807) is 0 Å². The highest BCUT2D eigenvalue weighted by Crippen LogP contribution is 2.23. The van der Waals surface area contributed by atoms with Gasteiger partial charge in [0, 0.05) is 30.5 Å². The van der Waals surface area contributed by atoms with E-state index in [1.807, 2.05) is 18.5 Å². The van der Waals surface area contributed by atoms with Gasteiger partial charge in [0.25, 0.3) is 0 Å². The number of anilines is 2. The summed E-state index contributed by atoms with van der Waals surface area (Å²) in [5.41, 5.74) is 10.8. The third-order valence-corrected chi connectivity index (χ3v) is 3.74. The van der Waals surface area contributed by atoms with Crippen molar-refractivity contribution in [3.8, 4) is 0 Å². The van der Waals surface area contributed by atoms with Crippen LogP contribution in [0.15, 0.2) is 29.4 Å². The fraction of sp³-hybridized carbons (Fsp3) is 0.462. The van der Waals surface area contributed by atoms with Gasteiger partial charge in [-0.05, 0) is 37.1 Å². The van der Waals surface area contributed by atoms with Crippen LogP contribution >= 0.6 is 0 Å². The van der Waals surface area contributed by atoms with Crippen molar-refractivity contribution in [2.75, 3.05) is 30.4 Å². The molecule has 2 aliphatic heterocycles. The molecule has 96 valence electrons. The van der Waals surface area contributed by atoms with Gasteiger partial charge in [-0.15, -0.1) is 0 Å². The van der Waals surface area contributed by atoms with Gasteiger partial charge in [-0.1, -0.05) is 0 Å². The van der Waals surface area contributed by atoms with Crippen LogP contribution in [0.2, 0.25) is 0 Å². The maximum absolute atomic E-state index is 5.71. The average molecular weight is 245 g/mol. The van der Waals surface area contributed by atoms with Crippen LogP contribution in [0.25, 0.3) is 0 Å². The van der Waals surface area contributed by atoms with Crippen molar-refractivity contribution in [3.63, 3.8) is 0 Å². The summed E-state index contributed by atoms with van der Waals surface area (Å²) in [6, 6.07) is 8.77. The Labute approximate surface area is 107 Å². The van der Waals surface area contributed by atoms with Crippen molar-refractivity contribution in [2.45, 2.75) is 18.9 Å². The molecular weight excluding hydrogens is 226 g/mol. The van der Waals surface area contributed by atoms with Crippen LogP contribution < -0.4 is 16.1 Å². The molecule has 0 aromatic heterocycles. The lowest BCUT2D eigenvalue weighted by Gasteiger charge is -2.37. The quantitative estimate of drug-likeness (QED) is 0.765. The lowest BCUT2D eigenvalue weighted by molar-refractivity contribution is 0.276. The van der Waals surface area contributed by atoms with Gasteiger partial charge in [-0.3, -0.25) is 5.43 Å². The molecule has 5 nitrogen and oxygen atoms in total. The van der Waals surface area contributed by atoms with Crippen molar-refractivity contribution in [2.24, 2.45) is 5.10 Å². The Morgan fingerprint density at radius 3 is 2.50 bits per heavy atom. The fourth-order valence-corrected chi connectivity index (χ4v) is 2.64. The second-order valence-corrected chi connectivity index (χ2v) is 4.88. The molecule has 0 amide bonds. The molecular formula is C13H19N5. The average Bonchev–Trinajstić information content (AvgIpc) is 2.94. The molecule has 1 aromatic carbocycles. The highest BCUT2D eigenvalue weighted by Gasteiger charge is 2.24. The van der Waals surface area contributed by atoms with E-state index in [0.29, 0.717) is 6.04 Å². The second-order valence-electron chi connectivity index (χ2n) is 4.88. The van der Waals surface area contributed by atoms with Crippen molar-refractivity contribution in [3.05, 3.63) is 24.3 Å². The molecule has 0 spiro atoms. The number of nitrogens with one attached hydrogen (secondary N) is 1. The van der Waals surface area contributed by atoms with E-state index >= 15 is 0 Å². The molecule has 0 radical (unpaired) electrons. The first kappa shape index (κ1) is 11.2. The minimum atomic E-state index is 0.619. The number of hydrazone groups is 1. The molecule has 0 bridgehead atoms. The normalized spacial score (nSPS) is 20.2. The van der Waals surface area contributed by atoms with E-state index < -0.39 is 0 Å². The fourth-order valence-electron chi connectivity index (χ4n) is 2.64. The molecule has 5 heteroatoms. The number of nitrogen functional groups attached to an aromatic ring is 1. The van der Waals surface area contributed by atoms with Crippen LogP contribution in [0, 0.1) is 0 Å². The Morgan fingerprint density at radius 1 is 1.17 bits per heavy atom. The summed E-state index contributed by atoms with van der Waals surface area (Å²) in [4.78, 5) is 4.72. The van der Waals surface area contributed by atoms with Crippen LogP contribution in [0.4, 0.5) is 11.4 Å². The van der Waals surface area contributed by atoms with E-state index in [-0.39, 0.29) is 0 Å². The second kappa shape index (κ2) is 4.76. The van der Waals surface area contributed by atoms with Gasteiger partial charge in [0.2, 0.25) is 0 Å². The number of nitrogens with zero attached hydrogens (tertiary/aromatic N) is 3. The Bertz CT molecular complexity index is 420. The minimum absolute atomic E-state index is 0.619. The molecule has 0 atom stereocenters. The predicted octanol–water partition coefficient (Wildman–Crippen LogP) is 1.04. The maximum atomic E-state index is 5.71. The van der Waals surface area contributed by atoms with E-state index in [4.69, 9.17) is 5.73 Å². The van der Waals surface area contributed by atoms with Gasteiger partial charge >= 0.3 is 0 Å².